The predicted octanol–water partition coefficient (Wildman–Crippen LogP) is 5.36. The number of fused-ring (bicyclic) bond motifs is 2. The van der Waals surface area contributed by atoms with Gasteiger partial charge in [0.15, 0.2) is 5.82 Å². The van der Waals surface area contributed by atoms with Gasteiger partial charge in [-0.3, -0.25) is 0 Å². The van der Waals surface area contributed by atoms with Crippen molar-refractivity contribution in [1.29, 1.82) is 0 Å². The van der Waals surface area contributed by atoms with Crippen LogP contribution in [0.25, 0.3) is 5.69 Å². The maximum absolute atomic E-state index is 5.19. The Balaban J connectivity index is 1.78. The lowest BCUT2D eigenvalue weighted by molar-refractivity contribution is 0.136. The van der Waals surface area contributed by atoms with Crippen molar-refractivity contribution < 1.29 is 0 Å². The van der Waals surface area contributed by atoms with Crippen LogP contribution >= 0.6 is 0 Å². The van der Waals surface area contributed by atoms with Crippen molar-refractivity contribution in [2.75, 3.05) is 7.05 Å². The maximum Gasteiger partial charge on any atom is 0.163 e. The van der Waals surface area contributed by atoms with Gasteiger partial charge in [-0.2, -0.15) is 5.10 Å². The summed E-state index contributed by atoms with van der Waals surface area (Å²) in [6.45, 7) is 2.14. The largest absolute Gasteiger partial charge is 0.349 e. The number of rotatable bonds is 2. The summed E-state index contributed by atoms with van der Waals surface area (Å²) in [6.07, 6.45) is 6.13. The van der Waals surface area contributed by atoms with Gasteiger partial charge in [0.1, 0.15) is 5.84 Å². The van der Waals surface area contributed by atoms with Crippen molar-refractivity contribution in [2.24, 2.45) is 4.99 Å². The van der Waals surface area contributed by atoms with E-state index in [0.717, 1.165) is 35.9 Å². The standard InChI is InChI=1S/C24H26N4/c1-18-21-23(28(26-18)20-14-8-4-9-15-20)25-22(19-12-6-3-7-13-19)27(2)24(21)16-10-5-11-17-24/h3-4,6-9,12-15H,5,10-11,16-17H2,1-2H3. The number of nitrogens with zero attached hydrogens (tertiary/aromatic N) is 4. The summed E-state index contributed by atoms with van der Waals surface area (Å²) in [7, 11) is 2.22. The SMILES string of the molecule is Cc1nn(-c2ccccc2)c2c1C1(CCCCC1)N(C)C(c1ccccc1)=N2. The van der Waals surface area contributed by atoms with Crippen molar-refractivity contribution in [3.8, 4) is 5.69 Å². The van der Waals surface area contributed by atoms with Gasteiger partial charge in [0.05, 0.1) is 16.9 Å². The van der Waals surface area contributed by atoms with E-state index in [1.54, 1.807) is 0 Å². The van der Waals surface area contributed by atoms with Gasteiger partial charge in [-0.25, -0.2) is 9.67 Å². The Morgan fingerprint density at radius 2 is 1.50 bits per heavy atom. The summed E-state index contributed by atoms with van der Waals surface area (Å²) in [5, 5.41) is 4.96. The molecule has 1 spiro atoms. The second-order valence-electron chi connectivity index (χ2n) is 7.98. The molecule has 1 fully saturated rings. The molecular formula is C24H26N4. The summed E-state index contributed by atoms with van der Waals surface area (Å²) >= 11 is 0. The molecule has 4 nitrogen and oxygen atoms in total. The Labute approximate surface area is 166 Å². The van der Waals surface area contributed by atoms with Crippen LogP contribution in [0.2, 0.25) is 0 Å². The van der Waals surface area contributed by atoms with Gasteiger partial charge in [0, 0.05) is 18.2 Å². The molecule has 2 aromatic carbocycles. The molecule has 4 heteroatoms. The van der Waals surface area contributed by atoms with E-state index in [-0.39, 0.29) is 5.54 Å². The third-order valence-electron chi connectivity index (χ3n) is 6.39. The van der Waals surface area contributed by atoms with Gasteiger partial charge in [-0.15, -0.1) is 0 Å². The zero-order valence-electron chi connectivity index (χ0n) is 16.6. The Morgan fingerprint density at radius 3 is 2.18 bits per heavy atom. The molecule has 2 heterocycles. The summed E-state index contributed by atoms with van der Waals surface area (Å²) in [5.41, 5.74) is 4.64. The highest BCUT2D eigenvalue weighted by Gasteiger charge is 2.46. The molecule has 142 valence electrons. The molecule has 28 heavy (non-hydrogen) atoms. The van der Waals surface area contributed by atoms with E-state index in [1.165, 1.54) is 30.4 Å². The van der Waals surface area contributed by atoms with E-state index in [4.69, 9.17) is 10.1 Å². The third-order valence-corrected chi connectivity index (χ3v) is 6.39. The van der Waals surface area contributed by atoms with Crippen LogP contribution in [0.5, 0.6) is 0 Å². The molecule has 5 rings (SSSR count). The number of hydrogen-bond donors (Lipinski definition) is 0. The minimum absolute atomic E-state index is 0.0162. The molecule has 1 aliphatic heterocycles. The molecule has 2 aliphatic rings. The summed E-state index contributed by atoms with van der Waals surface area (Å²) in [5.74, 6) is 2.05. The van der Waals surface area contributed by atoms with E-state index >= 15 is 0 Å². The average Bonchev–Trinajstić information content (AvgIpc) is 3.10. The minimum atomic E-state index is -0.0162. The molecule has 0 radical (unpaired) electrons. The smallest absolute Gasteiger partial charge is 0.163 e. The molecular weight excluding hydrogens is 344 g/mol. The second-order valence-corrected chi connectivity index (χ2v) is 7.98. The average molecular weight is 370 g/mol. The van der Waals surface area contributed by atoms with Crippen LogP contribution in [0.15, 0.2) is 65.7 Å². The van der Waals surface area contributed by atoms with Crippen molar-refractivity contribution >= 4 is 11.7 Å². The summed E-state index contributed by atoms with van der Waals surface area (Å²) in [4.78, 5) is 7.62. The van der Waals surface area contributed by atoms with Gasteiger partial charge < -0.3 is 4.90 Å². The first-order valence-corrected chi connectivity index (χ1v) is 10.2. The van der Waals surface area contributed by atoms with Gasteiger partial charge >= 0.3 is 0 Å². The maximum atomic E-state index is 5.19. The molecule has 1 saturated carbocycles. The van der Waals surface area contributed by atoms with E-state index in [9.17, 15) is 0 Å². The van der Waals surface area contributed by atoms with Crippen LogP contribution < -0.4 is 0 Å². The van der Waals surface area contributed by atoms with Crippen molar-refractivity contribution in [3.63, 3.8) is 0 Å². The number of para-hydroxylation sites is 1. The number of amidine groups is 1. The lowest BCUT2D eigenvalue weighted by Crippen LogP contribution is -2.50. The zero-order valence-corrected chi connectivity index (χ0v) is 16.6. The number of aryl methyl sites for hydroxylation is 1. The van der Waals surface area contributed by atoms with Gasteiger partial charge in [-0.05, 0) is 31.9 Å². The molecule has 0 bridgehead atoms. The highest BCUT2D eigenvalue weighted by atomic mass is 15.4. The molecule has 0 saturated heterocycles. The first kappa shape index (κ1) is 17.2. The lowest BCUT2D eigenvalue weighted by Gasteiger charge is -2.48. The fourth-order valence-electron chi connectivity index (χ4n) is 5.03. The zero-order chi connectivity index (χ0) is 19.1. The number of aromatic nitrogens is 2. The van der Waals surface area contributed by atoms with E-state index in [1.807, 2.05) is 10.7 Å². The van der Waals surface area contributed by atoms with Crippen molar-refractivity contribution in [2.45, 2.75) is 44.6 Å². The second kappa shape index (κ2) is 6.62. The van der Waals surface area contributed by atoms with Crippen LogP contribution in [-0.4, -0.2) is 27.6 Å². The number of hydrogen-bond acceptors (Lipinski definition) is 3. The summed E-state index contributed by atoms with van der Waals surface area (Å²) < 4.78 is 2.04. The van der Waals surface area contributed by atoms with Crippen LogP contribution in [0.4, 0.5) is 5.82 Å². The predicted molar refractivity (Wildman–Crippen MR) is 113 cm³/mol. The van der Waals surface area contributed by atoms with Crippen molar-refractivity contribution in [1.82, 2.24) is 14.7 Å². The summed E-state index contributed by atoms with van der Waals surface area (Å²) in [6, 6.07) is 20.9. The highest BCUT2D eigenvalue weighted by Crippen LogP contribution is 2.50. The van der Waals surface area contributed by atoms with Crippen LogP contribution in [0.3, 0.4) is 0 Å². The van der Waals surface area contributed by atoms with Crippen LogP contribution in [-0.2, 0) is 5.54 Å². The Morgan fingerprint density at radius 1 is 0.857 bits per heavy atom. The Kier molecular flexibility index (Phi) is 4.08. The number of aliphatic imine (C=N–C) groups is 1. The fourth-order valence-corrected chi connectivity index (χ4v) is 5.03. The normalized spacial score (nSPS) is 18.1. The van der Waals surface area contributed by atoms with E-state index in [0.29, 0.717) is 0 Å². The van der Waals surface area contributed by atoms with Gasteiger partial charge in [-0.1, -0.05) is 67.8 Å². The topological polar surface area (TPSA) is 33.4 Å². The quantitative estimate of drug-likeness (QED) is 0.608. The molecule has 0 N–H and O–H groups in total. The molecule has 1 aromatic heterocycles. The minimum Gasteiger partial charge on any atom is -0.349 e. The molecule has 1 aliphatic carbocycles. The number of benzene rings is 2. The van der Waals surface area contributed by atoms with Crippen LogP contribution in [0.1, 0.15) is 48.9 Å². The van der Waals surface area contributed by atoms with Gasteiger partial charge in [0.2, 0.25) is 0 Å². The highest BCUT2D eigenvalue weighted by molar-refractivity contribution is 6.02. The molecule has 0 atom stereocenters. The molecule has 0 unspecified atom stereocenters. The van der Waals surface area contributed by atoms with Gasteiger partial charge in [0.25, 0.3) is 0 Å². The molecule has 3 aromatic rings. The monoisotopic (exact) mass is 370 g/mol. The molecule has 0 amide bonds. The first-order chi connectivity index (χ1) is 13.7. The Bertz CT molecular complexity index is 1010. The lowest BCUT2D eigenvalue weighted by atomic mass is 9.74. The van der Waals surface area contributed by atoms with Crippen molar-refractivity contribution in [3.05, 3.63) is 77.5 Å². The van der Waals surface area contributed by atoms with E-state index < -0.39 is 0 Å². The first-order valence-electron chi connectivity index (χ1n) is 10.2. The Hall–Kier alpha value is -2.88. The third kappa shape index (κ3) is 2.51. The fraction of sp³-hybridized carbons (Fsp3) is 0.333. The van der Waals surface area contributed by atoms with E-state index in [2.05, 4.69) is 73.5 Å². The van der Waals surface area contributed by atoms with Crippen LogP contribution in [0, 0.1) is 6.92 Å².